The van der Waals surface area contributed by atoms with Gasteiger partial charge in [-0.3, -0.25) is 5.41 Å². The Labute approximate surface area is 61.9 Å². The Kier molecular flexibility index (Phi) is 1.82. The Balaban J connectivity index is 2.97. The Morgan fingerprint density at radius 1 is 1.80 bits per heavy atom. The number of nitrogens with two attached hydrogens (primary N) is 1. The fraction of sp³-hybridized carbons (Fsp3) is 0.200. The van der Waals surface area contributed by atoms with Gasteiger partial charge in [0.25, 0.3) is 0 Å². The second kappa shape index (κ2) is 2.48. The van der Waals surface area contributed by atoms with Gasteiger partial charge in [-0.15, -0.1) is 0 Å². The van der Waals surface area contributed by atoms with Gasteiger partial charge in [-0.1, -0.05) is 11.6 Å². The van der Waals surface area contributed by atoms with E-state index in [1.807, 2.05) is 0 Å². The van der Waals surface area contributed by atoms with Crippen LogP contribution in [-0.2, 0) is 0 Å². The van der Waals surface area contributed by atoms with Crippen molar-refractivity contribution in [2.75, 3.05) is 0 Å². The van der Waals surface area contributed by atoms with Crippen molar-refractivity contribution in [3.63, 3.8) is 0 Å². The van der Waals surface area contributed by atoms with E-state index in [2.05, 4.69) is 4.99 Å². The molecule has 0 saturated heterocycles. The molecule has 1 unspecified atom stereocenters. The molecule has 3 N–H and O–H groups in total. The Morgan fingerprint density at radius 2 is 2.40 bits per heavy atom. The zero-order valence-corrected chi connectivity index (χ0v) is 5.69. The molecule has 0 amide bonds. The van der Waals surface area contributed by atoms with E-state index in [9.17, 15) is 4.39 Å². The summed E-state index contributed by atoms with van der Waals surface area (Å²) < 4.78 is 12.4. The third kappa shape index (κ3) is 1.08. The van der Waals surface area contributed by atoms with Gasteiger partial charge < -0.3 is 5.73 Å². The SMILES string of the molecule is N=C1C(Cl)=NC=C(F)C1N. The van der Waals surface area contributed by atoms with E-state index in [0.29, 0.717) is 0 Å². The molecule has 0 aromatic carbocycles. The van der Waals surface area contributed by atoms with Gasteiger partial charge in [0, 0.05) is 0 Å². The summed E-state index contributed by atoms with van der Waals surface area (Å²) in [6.07, 6.45) is 0.922. The molecule has 0 radical (unpaired) electrons. The van der Waals surface area contributed by atoms with Crippen LogP contribution in [0.5, 0.6) is 0 Å². The molecular formula is C5H5ClFN3. The van der Waals surface area contributed by atoms with Crippen molar-refractivity contribution in [2.45, 2.75) is 6.04 Å². The first-order valence-electron chi connectivity index (χ1n) is 2.56. The molecule has 0 fully saturated rings. The third-order valence-corrected chi connectivity index (χ3v) is 1.43. The highest BCUT2D eigenvalue weighted by Gasteiger charge is 2.21. The Hall–Kier alpha value is -0.740. The lowest BCUT2D eigenvalue weighted by Crippen LogP contribution is -2.35. The summed E-state index contributed by atoms with van der Waals surface area (Å²) in [7, 11) is 0. The summed E-state index contributed by atoms with van der Waals surface area (Å²) >= 11 is 5.36. The first kappa shape index (κ1) is 7.37. The van der Waals surface area contributed by atoms with E-state index in [1.54, 1.807) is 0 Å². The van der Waals surface area contributed by atoms with E-state index in [1.165, 1.54) is 0 Å². The molecule has 1 heterocycles. The first-order valence-corrected chi connectivity index (χ1v) is 2.94. The highest BCUT2D eigenvalue weighted by molar-refractivity contribution is 6.84. The van der Waals surface area contributed by atoms with Gasteiger partial charge in [-0.25, -0.2) is 9.38 Å². The second-order valence-corrected chi connectivity index (χ2v) is 2.18. The zero-order valence-electron chi connectivity index (χ0n) is 4.94. The average Bonchev–Trinajstić information content (AvgIpc) is 1.93. The molecule has 0 saturated carbocycles. The number of nitrogens with zero attached hydrogens (tertiary/aromatic N) is 1. The lowest BCUT2D eigenvalue weighted by atomic mass is 10.1. The quantitative estimate of drug-likeness (QED) is 0.542. The van der Waals surface area contributed by atoms with Gasteiger partial charge in [0.1, 0.15) is 11.9 Å². The predicted octanol–water partition coefficient (Wildman–Crippen LogP) is 0.795. The van der Waals surface area contributed by atoms with Crippen LogP contribution in [0.25, 0.3) is 0 Å². The zero-order chi connectivity index (χ0) is 7.72. The van der Waals surface area contributed by atoms with Crippen LogP contribution in [0.4, 0.5) is 4.39 Å². The largest absolute Gasteiger partial charge is 0.317 e. The van der Waals surface area contributed by atoms with E-state index in [0.717, 1.165) is 6.20 Å². The fourth-order valence-corrected chi connectivity index (χ4v) is 0.701. The molecular weight excluding hydrogens is 157 g/mol. The molecule has 3 nitrogen and oxygen atoms in total. The first-order chi connectivity index (χ1) is 4.63. The number of nitrogens with one attached hydrogen (secondary N) is 1. The topological polar surface area (TPSA) is 62.2 Å². The van der Waals surface area contributed by atoms with Crippen LogP contribution in [-0.4, -0.2) is 16.9 Å². The standard InChI is InChI=1S/C5H5ClFN3/c6-5-4(9)3(8)2(7)1-10-5/h1,3,9H,8H2. The monoisotopic (exact) mass is 161 g/mol. The van der Waals surface area contributed by atoms with Crippen LogP contribution < -0.4 is 5.73 Å². The van der Waals surface area contributed by atoms with Gasteiger partial charge >= 0.3 is 0 Å². The van der Waals surface area contributed by atoms with E-state index in [4.69, 9.17) is 22.7 Å². The van der Waals surface area contributed by atoms with Crippen molar-refractivity contribution in [3.05, 3.63) is 12.0 Å². The highest BCUT2D eigenvalue weighted by Crippen LogP contribution is 2.11. The molecule has 0 aromatic heterocycles. The minimum absolute atomic E-state index is 0.0473. The molecule has 10 heavy (non-hydrogen) atoms. The maximum atomic E-state index is 12.4. The summed E-state index contributed by atoms with van der Waals surface area (Å²) in [5.74, 6) is -0.630. The van der Waals surface area contributed by atoms with Crippen molar-refractivity contribution < 1.29 is 4.39 Å². The van der Waals surface area contributed by atoms with E-state index < -0.39 is 11.9 Å². The summed E-state index contributed by atoms with van der Waals surface area (Å²) in [6.45, 7) is 0. The summed E-state index contributed by atoms with van der Waals surface area (Å²) in [5, 5.41) is 7.02. The van der Waals surface area contributed by atoms with Crippen LogP contribution in [0.15, 0.2) is 17.0 Å². The number of hydrogen-bond acceptors (Lipinski definition) is 3. The third-order valence-electron chi connectivity index (χ3n) is 1.13. The van der Waals surface area contributed by atoms with Crippen molar-refractivity contribution in [3.8, 4) is 0 Å². The summed E-state index contributed by atoms with van der Waals surface area (Å²) in [4.78, 5) is 3.38. The maximum absolute atomic E-state index is 12.4. The molecule has 0 bridgehead atoms. The molecule has 1 aliphatic heterocycles. The fourth-order valence-electron chi connectivity index (χ4n) is 0.534. The predicted molar refractivity (Wildman–Crippen MR) is 38.2 cm³/mol. The molecule has 5 heteroatoms. The molecule has 1 rings (SSSR count). The van der Waals surface area contributed by atoms with Crippen molar-refractivity contribution in [1.29, 1.82) is 5.41 Å². The van der Waals surface area contributed by atoms with Crippen molar-refractivity contribution in [2.24, 2.45) is 10.7 Å². The van der Waals surface area contributed by atoms with Crippen LogP contribution in [0.1, 0.15) is 0 Å². The molecule has 0 spiro atoms. The lowest BCUT2D eigenvalue weighted by molar-refractivity contribution is 0.587. The Bertz CT molecular complexity index is 231. The number of halogens is 2. The van der Waals surface area contributed by atoms with Crippen LogP contribution in [0, 0.1) is 5.41 Å². The van der Waals surface area contributed by atoms with E-state index >= 15 is 0 Å². The highest BCUT2D eigenvalue weighted by atomic mass is 35.5. The minimum Gasteiger partial charge on any atom is -0.317 e. The van der Waals surface area contributed by atoms with Crippen LogP contribution in [0.2, 0.25) is 0 Å². The van der Waals surface area contributed by atoms with Gasteiger partial charge in [0.2, 0.25) is 0 Å². The van der Waals surface area contributed by atoms with Crippen LogP contribution in [0.3, 0.4) is 0 Å². The normalized spacial score (nSPS) is 25.9. The van der Waals surface area contributed by atoms with E-state index in [-0.39, 0.29) is 10.9 Å². The van der Waals surface area contributed by atoms with Gasteiger partial charge in [0.05, 0.1) is 11.9 Å². The molecule has 0 aromatic rings. The van der Waals surface area contributed by atoms with Crippen LogP contribution >= 0.6 is 11.6 Å². The number of rotatable bonds is 0. The van der Waals surface area contributed by atoms with Crippen molar-refractivity contribution >= 4 is 22.5 Å². The molecule has 1 atom stereocenters. The van der Waals surface area contributed by atoms with Gasteiger partial charge in [-0.2, -0.15) is 0 Å². The second-order valence-electron chi connectivity index (χ2n) is 1.83. The van der Waals surface area contributed by atoms with Crippen molar-refractivity contribution in [1.82, 2.24) is 0 Å². The minimum atomic E-state index is -1.04. The molecule has 54 valence electrons. The average molecular weight is 162 g/mol. The molecule has 0 aliphatic carbocycles. The van der Waals surface area contributed by atoms with Gasteiger partial charge in [-0.05, 0) is 0 Å². The number of hydrogen-bond donors (Lipinski definition) is 2. The smallest absolute Gasteiger partial charge is 0.151 e. The number of aliphatic imine (C=N–C) groups is 1. The van der Waals surface area contributed by atoms with Gasteiger partial charge in [0.15, 0.2) is 5.17 Å². The lowest BCUT2D eigenvalue weighted by Gasteiger charge is -2.11. The Morgan fingerprint density at radius 3 is 2.90 bits per heavy atom. The maximum Gasteiger partial charge on any atom is 0.151 e. The summed E-state index contributed by atoms with van der Waals surface area (Å²) in [5.41, 5.74) is 5.00. The summed E-state index contributed by atoms with van der Waals surface area (Å²) in [6, 6.07) is -1.04. The molecule has 1 aliphatic rings.